The minimum Gasteiger partial charge on any atom is -0.376 e. The van der Waals surface area contributed by atoms with Crippen molar-refractivity contribution in [2.45, 2.75) is 19.4 Å². The van der Waals surface area contributed by atoms with Crippen molar-refractivity contribution in [1.29, 1.82) is 0 Å². The molecular weight excluding hydrogens is 186 g/mol. The maximum Gasteiger partial charge on any atom is 0.0922 e. The second-order valence-electron chi connectivity index (χ2n) is 4.07. The lowest BCUT2D eigenvalue weighted by Crippen LogP contribution is -2.05. The molecule has 2 aromatic rings. The summed E-state index contributed by atoms with van der Waals surface area (Å²) in [5.41, 5.74) is 5.10. The second-order valence-corrected chi connectivity index (χ2v) is 4.07. The van der Waals surface area contributed by atoms with Crippen LogP contribution >= 0.6 is 0 Å². The van der Waals surface area contributed by atoms with Gasteiger partial charge in [0.05, 0.1) is 24.3 Å². The van der Waals surface area contributed by atoms with Crippen LogP contribution in [0.4, 0.5) is 5.69 Å². The summed E-state index contributed by atoms with van der Waals surface area (Å²) in [5, 5.41) is 3.51. The van der Waals surface area contributed by atoms with E-state index in [4.69, 9.17) is 0 Å². The average molecular weight is 199 g/mol. The number of benzene rings is 1. The van der Waals surface area contributed by atoms with Gasteiger partial charge in [-0.05, 0) is 24.1 Å². The molecule has 2 heterocycles. The molecule has 0 amide bonds. The van der Waals surface area contributed by atoms with Crippen LogP contribution in [0.15, 0.2) is 30.7 Å². The molecule has 1 aromatic heterocycles. The summed E-state index contributed by atoms with van der Waals surface area (Å²) < 4.78 is 0. The molecule has 1 aliphatic rings. The fourth-order valence-electron chi connectivity index (χ4n) is 2.11. The first-order valence-electron chi connectivity index (χ1n) is 5.17. The van der Waals surface area contributed by atoms with Crippen molar-refractivity contribution in [3.05, 3.63) is 47.5 Å². The van der Waals surface area contributed by atoms with E-state index < -0.39 is 0 Å². The monoisotopic (exact) mass is 199 g/mol. The lowest BCUT2D eigenvalue weighted by atomic mass is 10.1. The third kappa shape index (κ3) is 1.40. The summed E-state index contributed by atoms with van der Waals surface area (Å²) in [4.78, 5) is 7.21. The van der Waals surface area contributed by atoms with Crippen LogP contribution in [0.1, 0.15) is 22.9 Å². The van der Waals surface area contributed by atoms with Crippen LogP contribution < -0.4 is 5.32 Å². The molecule has 3 nitrogen and oxygen atoms in total. The van der Waals surface area contributed by atoms with Gasteiger partial charge in [-0.3, -0.25) is 0 Å². The van der Waals surface area contributed by atoms with Crippen LogP contribution in [0.25, 0.3) is 0 Å². The lowest BCUT2D eigenvalue weighted by Gasteiger charge is -2.07. The molecule has 1 aromatic carbocycles. The van der Waals surface area contributed by atoms with Crippen molar-refractivity contribution in [3.63, 3.8) is 0 Å². The van der Waals surface area contributed by atoms with Crippen LogP contribution in [0.3, 0.4) is 0 Å². The smallest absolute Gasteiger partial charge is 0.0922 e. The first-order valence-corrected chi connectivity index (χ1v) is 5.17. The topological polar surface area (TPSA) is 40.7 Å². The van der Waals surface area contributed by atoms with Crippen molar-refractivity contribution in [3.8, 4) is 0 Å². The quantitative estimate of drug-likeness (QED) is 0.740. The molecule has 0 spiro atoms. The van der Waals surface area contributed by atoms with Gasteiger partial charge in [-0.2, -0.15) is 0 Å². The van der Waals surface area contributed by atoms with Crippen molar-refractivity contribution in [1.82, 2.24) is 9.97 Å². The number of anilines is 1. The summed E-state index contributed by atoms with van der Waals surface area (Å²) >= 11 is 0. The molecule has 0 aliphatic carbocycles. The van der Waals surface area contributed by atoms with Gasteiger partial charge in [0.2, 0.25) is 0 Å². The summed E-state index contributed by atoms with van der Waals surface area (Å²) in [5.74, 6) is 0. The molecule has 15 heavy (non-hydrogen) atoms. The Morgan fingerprint density at radius 3 is 3.13 bits per heavy atom. The van der Waals surface area contributed by atoms with E-state index in [0.29, 0.717) is 6.04 Å². The Labute approximate surface area is 88.6 Å². The van der Waals surface area contributed by atoms with Gasteiger partial charge in [-0.25, -0.2) is 4.98 Å². The Morgan fingerprint density at radius 1 is 1.40 bits per heavy atom. The molecule has 1 aliphatic heterocycles. The van der Waals surface area contributed by atoms with Crippen molar-refractivity contribution >= 4 is 5.69 Å². The third-order valence-electron chi connectivity index (χ3n) is 2.91. The molecular formula is C12H13N3. The normalized spacial score (nSPS) is 18.6. The molecule has 1 unspecified atom stereocenters. The Bertz CT molecular complexity index is 474. The number of H-pyrrole nitrogens is 1. The van der Waals surface area contributed by atoms with Crippen LogP contribution in [0.2, 0.25) is 0 Å². The Morgan fingerprint density at radius 2 is 2.33 bits per heavy atom. The molecule has 0 saturated carbocycles. The van der Waals surface area contributed by atoms with E-state index in [9.17, 15) is 0 Å². The van der Waals surface area contributed by atoms with Gasteiger partial charge in [0.25, 0.3) is 0 Å². The van der Waals surface area contributed by atoms with Crippen LogP contribution in [0.5, 0.6) is 0 Å². The molecule has 3 rings (SSSR count). The molecule has 76 valence electrons. The fraction of sp³-hybridized carbons (Fsp3) is 0.250. The summed E-state index contributed by atoms with van der Waals surface area (Å²) in [6, 6.07) is 6.92. The zero-order chi connectivity index (χ0) is 10.3. The predicted molar refractivity (Wildman–Crippen MR) is 59.8 cm³/mol. The number of aromatic amines is 1. The van der Waals surface area contributed by atoms with Crippen LogP contribution in [-0.2, 0) is 6.42 Å². The van der Waals surface area contributed by atoms with E-state index in [-0.39, 0.29) is 0 Å². The van der Waals surface area contributed by atoms with E-state index >= 15 is 0 Å². The van der Waals surface area contributed by atoms with E-state index in [1.807, 2.05) is 6.20 Å². The third-order valence-corrected chi connectivity index (χ3v) is 2.91. The number of fused-ring (bicyclic) bond motifs is 1. The zero-order valence-electron chi connectivity index (χ0n) is 8.62. The maximum absolute atomic E-state index is 4.05. The van der Waals surface area contributed by atoms with Gasteiger partial charge >= 0.3 is 0 Å². The van der Waals surface area contributed by atoms with Gasteiger partial charge in [-0.15, -0.1) is 0 Å². The highest BCUT2D eigenvalue weighted by Crippen LogP contribution is 2.33. The molecule has 0 bridgehead atoms. The summed E-state index contributed by atoms with van der Waals surface area (Å²) in [7, 11) is 0. The largest absolute Gasteiger partial charge is 0.376 e. The highest BCUT2D eigenvalue weighted by molar-refractivity contribution is 5.59. The minimum absolute atomic E-state index is 0.351. The standard InChI is InChI=1S/C12H13N3/c1-8-2-3-9-5-11(15-10(9)4-8)12-6-13-7-14-12/h2-4,6-7,11,15H,5H2,1H3,(H,13,14). The summed E-state index contributed by atoms with van der Waals surface area (Å²) in [6.45, 7) is 2.12. The second kappa shape index (κ2) is 3.12. The maximum atomic E-state index is 4.05. The van der Waals surface area contributed by atoms with E-state index in [0.717, 1.165) is 12.1 Å². The average Bonchev–Trinajstić information content (AvgIpc) is 2.84. The molecule has 3 heteroatoms. The molecule has 2 N–H and O–H groups in total. The molecule has 0 saturated heterocycles. The number of nitrogens with zero attached hydrogens (tertiary/aromatic N) is 1. The van der Waals surface area contributed by atoms with E-state index in [1.54, 1.807) is 6.33 Å². The van der Waals surface area contributed by atoms with Crippen molar-refractivity contribution in [2.24, 2.45) is 0 Å². The Balaban J connectivity index is 1.92. The van der Waals surface area contributed by atoms with Crippen molar-refractivity contribution in [2.75, 3.05) is 5.32 Å². The molecule has 0 radical (unpaired) electrons. The van der Waals surface area contributed by atoms with Gasteiger partial charge < -0.3 is 10.3 Å². The highest BCUT2D eigenvalue weighted by Gasteiger charge is 2.22. The number of hydrogen-bond donors (Lipinski definition) is 2. The number of aromatic nitrogens is 2. The zero-order valence-corrected chi connectivity index (χ0v) is 8.62. The van der Waals surface area contributed by atoms with Gasteiger partial charge in [-0.1, -0.05) is 12.1 Å². The van der Waals surface area contributed by atoms with Gasteiger partial charge in [0.1, 0.15) is 0 Å². The Hall–Kier alpha value is -1.77. The number of rotatable bonds is 1. The first kappa shape index (κ1) is 8.53. The van der Waals surface area contributed by atoms with Crippen LogP contribution in [-0.4, -0.2) is 9.97 Å². The SMILES string of the molecule is Cc1ccc2c(c1)NC(c1cnc[nH]1)C2. The van der Waals surface area contributed by atoms with Crippen LogP contribution in [0, 0.1) is 6.92 Å². The van der Waals surface area contributed by atoms with Gasteiger partial charge in [0.15, 0.2) is 0 Å². The number of hydrogen-bond acceptors (Lipinski definition) is 2. The minimum atomic E-state index is 0.351. The van der Waals surface area contributed by atoms with E-state index in [1.165, 1.54) is 16.8 Å². The van der Waals surface area contributed by atoms with Crippen molar-refractivity contribution < 1.29 is 0 Å². The highest BCUT2D eigenvalue weighted by atomic mass is 15.0. The number of imidazole rings is 1. The molecule has 0 fully saturated rings. The first-order chi connectivity index (χ1) is 7.33. The van der Waals surface area contributed by atoms with Gasteiger partial charge in [0, 0.05) is 12.1 Å². The number of aryl methyl sites for hydroxylation is 1. The Kier molecular flexibility index (Phi) is 1.78. The predicted octanol–water partition coefficient (Wildman–Crippen LogP) is 2.43. The van der Waals surface area contributed by atoms with E-state index in [2.05, 4.69) is 40.4 Å². The fourth-order valence-corrected chi connectivity index (χ4v) is 2.11. The summed E-state index contributed by atoms with van der Waals surface area (Å²) in [6.07, 6.45) is 4.65. The number of nitrogens with one attached hydrogen (secondary N) is 2. The lowest BCUT2D eigenvalue weighted by molar-refractivity contribution is 0.796. The molecule has 1 atom stereocenters.